The van der Waals surface area contributed by atoms with Gasteiger partial charge in [0.15, 0.2) is 0 Å². The molecule has 0 saturated carbocycles. The van der Waals surface area contributed by atoms with E-state index in [1.807, 2.05) is 18.9 Å². The summed E-state index contributed by atoms with van der Waals surface area (Å²) in [6.45, 7) is 9.73. The Morgan fingerprint density at radius 1 is 1.18 bits per heavy atom. The highest BCUT2D eigenvalue weighted by atomic mass is 32.2. The van der Waals surface area contributed by atoms with Gasteiger partial charge in [0.25, 0.3) is 0 Å². The third-order valence-electron chi connectivity index (χ3n) is 5.39. The molecule has 28 heavy (non-hydrogen) atoms. The number of hydrogen-bond acceptors (Lipinski definition) is 4. The number of rotatable bonds is 8. The van der Waals surface area contributed by atoms with Gasteiger partial charge in [0.1, 0.15) is 0 Å². The van der Waals surface area contributed by atoms with Crippen LogP contribution >= 0.6 is 0 Å². The van der Waals surface area contributed by atoms with Crippen molar-refractivity contribution in [3.8, 4) is 0 Å². The number of carbonyl (C=O) groups excluding carboxylic acids is 1. The third-order valence-corrected chi connectivity index (χ3v) is 7.29. The molecule has 1 amide bonds. The number of piperidine rings is 1. The first kappa shape index (κ1) is 22.8. The van der Waals surface area contributed by atoms with Crippen molar-refractivity contribution in [1.29, 1.82) is 0 Å². The molecule has 0 radical (unpaired) electrons. The van der Waals surface area contributed by atoms with Gasteiger partial charge in [-0.15, -0.1) is 0 Å². The van der Waals surface area contributed by atoms with Gasteiger partial charge in [-0.25, -0.2) is 8.42 Å². The van der Waals surface area contributed by atoms with E-state index in [2.05, 4.69) is 26.1 Å². The Kier molecular flexibility index (Phi) is 8.04. The molecule has 1 fully saturated rings. The Balaban J connectivity index is 2.09. The maximum atomic E-state index is 12.9. The maximum absolute atomic E-state index is 12.9. The monoisotopic (exact) mass is 409 g/mol. The summed E-state index contributed by atoms with van der Waals surface area (Å²) in [5.41, 5.74) is 1.41. The fraction of sp³-hybridized carbons (Fsp3) is 0.667. The van der Waals surface area contributed by atoms with Crippen LogP contribution < -0.4 is 5.32 Å². The summed E-state index contributed by atoms with van der Waals surface area (Å²) in [5, 5.41) is 2.90. The molecule has 0 aromatic heterocycles. The average molecular weight is 410 g/mol. The first-order chi connectivity index (χ1) is 13.1. The van der Waals surface area contributed by atoms with Gasteiger partial charge in [0.05, 0.1) is 11.4 Å². The topological polar surface area (TPSA) is 69.7 Å². The Morgan fingerprint density at radius 2 is 1.82 bits per heavy atom. The van der Waals surface area contributed by atoms with E-state index >= 15 is 0 Å². The van der Waals surface area contributed by atoms with Crippen LogP contribution in [0.15, 0.2) is 23.1 Å². The third kappa shape index (κ3) is 6.03. The molecule has 1 aromatic carbocycles. The zero-order chi connectivity index (χ0) is 20.9. The molecule has 1 aliphatic rings. The van der Waals surface area contributed by atoms with Gasteiger partial charge in [-0.2, -0.15) is 4.31 Å². The molecule has 158 valence electrons. The van der Waals surface area contributed by atoms with Crippen LogP contribution in [0.1, 0.15) is 52.0 Å². The summed E-state index contributed by atoms with van der Waals surface area (Å²) in [7, 11) is -1.57. The highest BCUT2D eigenvalue weighted by Gasteiger charge is 2.26. The Morgan fingerprint density at radius 3 is 2.43 bits per heavy atom. The van der Waals surface area contributed by atoms with E-state index in [4.69, 9.17) is 0 Å². The summed E-state index contributed by atoms with van der Waals surface area (Å²) in [6.07, 6.45) is 3.89. The molecular weight excluding hydrogens is 374 g/mol. The lowest BCUT2D eigenvalue weighted by molar-refractivity contribution is -0.117. The zero-order valence-corrected chi connectivity index (χ0v) is 18.7. The molecule has 1 atom stereocenters. The van der Waals surface area contributed by atoms with Crippen LogP contribution in [0.5, 0.6) is 0 Å². The summed E-state index contributed by atoms with van der Waals surface area (Å²) in [5.74, 6) is 0.438. The molecule has 6 nitrogen and oxygen atoms in total. The number of anilines is 1. The lowest BCUT2D eigenvalue weighted by Crippen LogP contribution is -2.37. The number of likely N-dealkylation sites (N-methyl/N-ethyl adjacent to an activating group) is 1. The van der Waals surface area contributed by atoms with Crippen LogP contribution in [0.4, 0.5) is 5.69 Å². The normalized spacial score (nSPS) is 17.1. The molecule has 2 rings (SSSR count). The molecule has 1 aromatic rings. The van der Waals surface area contributed by atoms with E-state index in [0.717, 1.165) is 31.2 Å². The molecular formula is C21H35N3O3S. The van der Waals surface area contributed by atoms with Crippen molar-refractivity contribution in [2.45, 2.75) is 64.3 Å². The lowest BCUT2D eigenvalue weighted by Gasteiger charge is -2.26. The summed E-state index contributed by atoms with van der Waals surface area (Å²) in [6, 6.07) is 5.29. The van der Waals surface area contributed by atoms with Crippen LogP contribution in [-0.4, -0.2) is 56.3 Å². The quantitative estimate of drug-likeness (QED) is 0.714. The lowest BCUT2D eigenvalue weighted by atomic mass is 10.0. The molecule has 7 heteroatoms. The van der Waals surface area contributed by atoms with Crippen molar-refractivity contribution in [2.75, 3.05) is 32.0 Å². The summed E-state index contributed by atoms with van der Waals surface area (Å²) in [4.78, 5) is 14.8. The number of aryl methyl sites for hydroxylation is 1. The van der Waals surface area contributed by atoms with Gasteiger partial charge in [-0.1, -0.05) is 26.3 Å². The van der Waals surface area contributed by atoms with E-state index in [0.29, 0.717) is 30.7 Å². The molecule has 1 unspecified atom stereocenters. The van der Waals surface area contributed by atoms with Gasteiger partial charge < -0.3 is 5.32 Å². The molecule has 1 aliphatic heterocycles. The second-order valence-electron chi connectivity index (χ2n) is 8.38. The Bertz CT molecular complexity index is 771. The first-order valence-electron chi connectivity index (χ1n) is 10.2. The second kappa shape index (κ2) is 9.85. The zero-order valence-electron chi connectivity index (χ0n) is 17.9. The predicted octanol–water partition coefficient (Wildman–Crippen LogP) is 3.47. The number of carbonyl (C=O) groups is 1. The number of sulfonamides is 1. The minimum atomic E-state index is -3.52. The van der Waals surface area contributed by atoms with Gasteiger partial charge in [-0.05, 0) is 63.8 Å². The highest BCUT2D eigenvalue weighted by molar-refractivity contribution is 7.89. The molecule has 1 N–H and O–H groups in total. The molecule has 0 spiro atoms. The highest BCUT2D eigenvalue weighted by Crippen LogP contribution is 2.25. The smallest absolute Gasteiger partial charge is 0.243 e. The number of nitrogens with zero attached hydrogens (tertiary/aromatic N) is 2. The van der Waals surface area contributed by atoms with Crippen LogP contribution in [0.25, 0.3) is 0 Å². The fourth-order valence-electron chi connectivity index (χ4n) is 3.58. The Labute approximate surface area is 170 Å². The fourth-order valence-corrected chi connectivity index (χ4v) is 5.13. The molecule has 1 saturated heterocycles. The van der Waals surface area contributed by atoms with Crippen molar-refractivity contribution in [1.82, 2.24) is 9.21 Å². The van der Waals surface area contributed by atoms with Crippen LogP contribution in [0.2, 0.25) is 0 Å². The largest absolute Gasteiger partial charge is 0.325 e. The van der Waals surface area contributed by atoms with Crippen molar-refractivity contribution >= 4 is 21.6 Å². The summed E-state index contributed by atoms with van der Waals surface area (Å²) < 4.78 is 27.4. The Hall–Kier alpha value is -1.44. The molecule has 1 heterocycles. The van der Waals surface area contributed by atoms with Gasteiger partial charge in [0.2, 0.25) is 15.9 Å². The van der Waals surface area contributed by atoms with Crippen molar-refractivity contribution in [3.63, 3.8) is 0 Å². The number of benzene rings is 1. The standard InChI is InChI=1S/C21H35N3O3S/c1-16(2)13-18(4)23(5)15-21(25)22-20-14-19(10-9-17(20)3)28(26,27)24-11-7-6-8-12-24/h9-10,14,16,18H,6-8,11-13,15H2,1-5H3,(H,22,25). The van der Waals surface area contributed by atoms with Gasteiger partial charge in [-0.3, -0.25) is 9.69 Å². The molecule has 0 bridgehead atoms. The van der Waals surface area contributed by atoms with E-state index in [1.165, 1.54) is 0 Å². The number of nitrogens with one attached hydrogen (secondary N) is 1. The van der Waals surface area contributed by atoms with E-state index in [-0.39, 0.29) is 17.3 Å². The maximum Gasteiger partial charge on any atom is 0.243 e. The number of amides is 1. The first-order valence-corrected chi connectivity index (χ1v) is 11.7. The molecule has 0 aliphatic carbocycles. The van der Waals surface area contributed by atoms with E-state index < -0.39 is 10.0 Å². The minimum Gasteiger partial charge on any atom is -0.325 e. The second-order valence-corrected chi connectivity index (χ2v) is 10.3. The van der Waals surface area contributed by atoms with Crippen molar-refractivity contribution < 1.29 is 13.2 Å². The van der Waals surface area contributed by atoms with Gasteiger partial charge >= 0.3 is 0 Å². The van der Waals surface area contributed by atoms with Crippen molar-refractivity contribution in [3.05, 3.63) is 23.8 Å². The number of hydrogen-bond donors (Lipinski definition) is 1. The SMILES string of the molecule is Cc1ccc(S(=O)(=O)N2CCCCC2)cc1NC(=O)CN(C)C(C)CC(C)C. The average Bonchev–Trinajstić information content (AvgIpc) is 2.63. The van der Waals surface area contributed by atoms with E-state index in [1.54, 1.807) is 22.5 Å². The van der Waals surface area contributed by atoms with E-state index in [9.17, 15) is 13.2 Å². The van der Waals surface area contributed by atoms with Crippen LogP contribution in [0.3, 0.4) is 0 Å². The van der Waals surface area contributed by atoms with Crippen molar-refractivity contribution in [2.24, 2.45) is 5.92 Å². The predicted molar refractivity (Wildman–Crippen MR) is 114 cm³/mol. The van der Waals surface area contributed by atoms with Gasteiger partial charge in [0, 0.05) is 24.8 Å². The van der Waals surface area contributed by atoms with Crippen LogP contribution in [-0.2, 0) is 14.8 Å². The van der Waals surface area contributed by atoms with Crippen LogP contribution in [0, 0.1) is 12.8 Å². The summed E-state index contributed by atoms with van der Waals surface area (Å²) >= 11 is 0. The minimum absolute atomic E-state index is 0.131.